The first-order valence-electron chi connectivity index (χ1n) is 7.08. The maximum absolute atomic E-state index is 13.2. The van der Waals surface area contributed by atoms with Gasteiger partial charge in [-0.05, 0) is 42.8 Å². The molecule has 0 bridgehead atoms. The molecular formula is C17H14ClF2N3O. The molecule has 0 fully saturated rings. The van der Waals surface area contributed by atoms with Crippen LogP contribution in [0.15, 0.2) is 36.4 Å². The van der Waals surface area contributed by atoms with Crippen molar-refractivity contribution < 1.29 is 13.6 Å². The quantitative estimate of drug-likeness (QED) is 0.863. The van der Waals surface area contributed by atoms with Crippen molar-refractivity contribution in [3.8, 4) is 6.07 Å². The maximum Gasteiger partial charge on any atom is 0.238 e. The summed E-state index contributed by atoms with van der Waals surface area (Å²) < 4.78 is 26.1. The Hall–Kier alpha value is -2.49. The number of anilines is 1. The van der Waals surface area contributed by atoms with Crippen LogP contribution >= 0.6 is 11.6 Å². The second-order valence-electron chi connectivity index (χ2n) is 5.13. The number of nitrogens with one attached hydrogen (secondary N) is 2. The molecule has 0 aliphatic heterocycles. The third-order valence-electron chi connectivity index (χ3n) is 3.39. The summed E-state index contributed by atoms with van der Waals surface area (Å²) >= 11 is 5.89. The average molecular weight is 350 g/mol. The Morgan fingerprint density at radius 3 is 2.62 bits per heavy atom. The summed E-state index contributed by atoms with van der Waals surface area (Å²) in [6.45, 7) is 1.70. The van der Waals surface area contributed by atoms with Gasteiger partial charge >= 0.3 is 0 Å². The first-order chi connectivity index (χ1) is 11.4. The zero-order valence-electron chi connectivity index (χ0n) is 12.7. The summed E-state index contributed by atoms with van der Waals surface area (Å²) in [5.41, 5.74) is 1.31. The van der Waals surface area contributed by atoms with Crippen LogP contribution in [-0.2, 0) is 4.79 Å². The van der Waals surface area contributed by atoms with Crippen molar-refractivity contribution in [1.29, 1.82) is 5.26 Å². The lowest BCUT2D eigenvalue weighted by atomic mass is 10.1. The van der Waals surface area contributed by atoms with Gasteiger partial charge in [0.15, 0.2) is 11.6 Å². The first-order valence-corrected chi connectivity index (χ1v) is 7.46. The summed E-state index contributed by atoms with van der Waals surface area (Å²) in [5.74, 6) is -2.18. The molecule has 4 nitrogen and oxygen atoms in total. The SMILES string of the molecule is C[C@H](NCC(=O)Nc1ccc(C#N)c(Cl)c1)c1ccc(F)c(F)c1. The molecule has 2 N–H and O–H groups in total. The van der Waals surface area contributed by atoms with Crippen LogP contribution in [0.3, 0.4) is 0 Å². The van der Waals surface area contributed by atoms with Crippen LogP contribution in [0.25, 0.3) is 0 Å². The molecule has 0 unspecified atom stereocenters. The molecular weight excluding hydrogens is 336 g/mol. The Kier molecular flexibility index (Phi) is 5.85. The molecule has 0 aromatic heterocycles. The number of hydrogen-bond acceptors (Lipinski definition) is 3. The van der Waals surface area contributed by atoms with E-state index in [1.54, 1.807) is 13.0 Å². The standard InChI is InChI=1S/C17H14ClF2N3O/c1-10(11-3-5-15(19)16(20)6-11)22-9-17(24)23-13-4-2-12(8-21)14(18)7-13/h2-7,10,22H,9H2,1H3,(H,23,24)/t10-/m0/s1. The van der Waals surface area contributed by atoms with Crippen LogP contribution < -0.4 is 10.6 Å². The number of rotatable bonds is 5. The summed E-state index contributed by atoms with van der Waals surface area (Å²) in [6, 6.07) is 9.74. The molecule has 0 saturated carbocycles. The summed E-state index contributed by atoms with van der Waals surface area (Å²) in [5, 5.41) is 14.6. The Balaban J connectivity index is 1.92. The minimum absolute atomic E-state index is 0.0300. The molecule has 2 aromatic carbocycles. The number of carbonyl (C=O) groups excluding carboxylic acids is 1. The van der Waals surface area contributed by atoms with Gasteiger partial charge in [0.2, 0.25) is 5.91 Å². The Morgan fingerprint density at radius 1 is 1.25 bits per heavy atom. The minimum Gasteiger partial charge on any atom is -0.325 e. The van der Waals surface area contributed by atoms with Gasteiger partial charge in [-0.2, -0.15) is 5.26 Å². The highest BCUT2D eigenvalue weighted by Gasteiger charge is 2.11. The molecule has 0 aliphatic carbocycles. The van der Waals surface area contributed by atoms with Gasteiger partial charge in [0.1, 0.15) is 6.07 Å². The van der Waals surface area contributed by atoms with Gasteiger partial charge in [-0.3, -0.25) is 4.79 Å². The van der Waals surface area contributed by atoms with Crippen LogP contribution in [0.5, 0.6) is 0 Å². The molecule has 0 saturated heterocycles. The number of carbonyl (C=O) groups is 1. The summed E-state index contributed by atoms with van der Waals surface area (Å²) in [4.78, 5) is 11.9. The van der Waals surface area contributed by atoms with Gasteiger partial charge in [-0.15, -0.1) is 0 Å². The fourth-order valence-corrected chi connectivity index (χ4v) is 2.26. The third-order valence-corrected chi connectivity index (χ3v) is 3.70. The molecule has 2 rings (SSSR count). The predicted molar refractivity (Wildman–Crippen MR) is 87.6 cm³/mol. The largest absolute Gasteiger partial charge is 0.325 e. The smallest absolute Gasteiger partial charge is 0.238 e. The van der Waals surface area contributed by atoms with E-state index in [9.17, 15) is 13.6 Å². The number of benzene rings is 2. The van der Waals surface area contributed by atoms with Gasteiger partial charge in [0.25, 0.3) is 0 Å². The van der Waals surface area contributed by atoms with Crippen molar-refractivity contribution in [1.82, 2.24) is 5.32 Å². The van der Waals surface area contributed by atoms with E-state index in [0.29, 0.717) is 16.8 Å². The first kappa shape index (κ1) is 17.9. The normalized spacial score (nSPS) is 11.6. The van der Waals surface area contributed by atoms with Gasteiger partial charge in [-0.1, -0.05) is 17.7 Å². The van der Waals surface area contributed by atoms with E-state index in [0.717, 1.165) is 12.1 Å². The second kappa shape index (κ2) is 7.86. The zero-order valence-corrected chi connectivity index (χ0v) is 13.5. The third kappa shape index (κ3) is 4.51. The minimum atomic E-state index is -0.933. The van der Waals surface area contributed by atoms with E-state index in [4.69, 9.17) is 16.9 Å². The fraction of sp³-hybridized carbons (Fsp3) is 0.176. The van der Waals surface area contributed by atoms with Gasteiger partial charge in [-0.25, -0.2) is 8.78 Å². The van der Waals surface area contributed by atoms with Gasteiger partial charge < -0.3 is 10.6 Å². The molecule has 7 heteroatoms. The van der Waals surface area contributed by atoms with E-state index in [1.165, 1.54) is 18.2 Å². The molecule has 24 heavy (non-hydrogen) atoms. The molecule has 0 heterocycles. The highest BCUT2D eigenvalue weighted by atomic mass is 35.5. The summed E-state index contributed by atoms with van der Waals surface area (Å²) in [7, 11) is 0. The average Bonchev–Trinajstić information content (AvgIpc) is 2.55. The van der Waals surface area contributed by atoms with E-state index >= 15 is 0 Å². The van der Waals surface area contributed by atoms with Crippen LogP contribution in [0.2, 0.25) is 5.02 Å². The lowest BCUT2D eigenvalue weighted by molar-refractivity contribution is -0.115. The number of amides is 1. The van der Waals surface area contributed by atoms with Crippen LogP contribution in [0.1, 0.15) is 24.1 Å². The molecule has 2 aromatic rings. The second-order valence-corrected chi connectivity index (χ2v) is 5.54. The van der Waals surface area contributed by atoms with Gasteiger partial charge in [0.05, 0.1) is 17.1 Å². The highest BCUT2D eigenvalue weighted by molar-refractivity contribution is 6.32. The van der Waals surface area contributed by atoms with Crippen molar-refractivity contribution >= 4 is 23.2 Å². The molecule has 0 spiro atoms. The molecule has 0 radical (unpaired) electrons. The molecule has 124 valence electrons. The fourth-order valence-electron chi connectivity index (χ4n) is 2.03. The van der Waals surface area contributed by atoms with E-state index in [2.05, 4.69) is 10.6 Å². The van der Waals surface area contributed by atoms with Crippen molar-refractivity contribution in [3.63, 3.8) is 0 Å². The van der Waals surface area contributed by atoms with Crippen LogP contribution in [0, 0.1) is 23.0 Å². The van der Waals surface area contributed by atoms with E-state index in [-0.39, 0.29) is 23.5 Å². The maximum atomic E-state index is 13.2. The zero-order chi connectivity index (χ0) is 17.7. The van der Waals surface area contributed by atoms with Crippen LogP contribution in [0.4, 0.5) is 14.5 Å². The predicted octanol–water partition coefficient (Wildman–Crippen LogP) is 3.78. The van der Waals surface area contributed by atoms with Crippen molar-refractivity contribution in [3.05, 3.63) is 64.2 Å². The molecule has 1 amide bonds. The van der Waals surface area contributed by atoms with E-state index < -0.39 is 11.6 Å². The molecule has 0 aliphatic rings. The van der Waals surface area contributed by atoms with Crippen molar-refractivity contribution in [2.45, 2.75) is 13.0 Å². The van der Waals surface area contributed by atoms with Gasteiger partial charge in [0, 0.05) is 11.7 Å². The van der Waals surface area contributed by atoms with Crippen LogP contribution in [-0.4, -0.2) is 12.5 Å². The van der Waals surface area contributed by atoms with Crippen molar-refractivity contribution in [2.75, 3.05) is 11.9 Å². The lowest BCUT2D eigenvalue weighted by Gasteiger charge is -2.14. The highest BCUT2D eigenvalue weighted by Crippen LogP contribution is 2.20. The number of nitriles is 1. The Labute approximate surface area is 143 Å². The topological polar surface area (TPSA) is 64.9 Å². The monoisotopic (exact) mass is 349 g/mol. The summed E-state index contributed by atoms with van der Waals surface area (Å²) in [6.07, 6.45) is 0. The molecule has 1 atom stereocenters. The van der Waals surface area contributed by atoms with E-state index in [1.807, 2.05) is 6.07 Å². The lowest BCUT2D eigenvalue weighted by Crippen LogP contribution is -2.30. The Bertz CT molecular complexity index is 805. The number of halogens is 3. The number of nitrogens with zero attached hydrogens (tertiary/aromatic N) is 1. The number of hydrogen-bond donors (Lipinski definition) is 2. The Morgan fingerprint density at radius 2 is 2.00 bits per heavy atom. The van der Waals surface area contributed by atoms with Crippen molar-refractivity contribution in [2.24, 2.45) is 0 Å².